The lowest BCUT2D eigenvalue weighted by Crippen LogP contribution is -2.44. The van der Waals surface area contributed by atoms with Crippen LogP contribution in [0.5, 0.6) is 0 Å². The number of nitrogens with one attached hydrogen (secondary N) is 2. The molecule has 1 aromatic carbocycles. The van der Waals surface area contributed by atoms with Gasteiger partial charge in [0.1, 0.15) is 0 Å². The molecule has 0 bridgehead atoms. The summed E-state index contributed by atoms with van der Waals surface area (Å²) in [5.74, 6) is -0.0449. The van der Waals surface area contributed by atoms with Crippen molar-refractivity contribution in [3.8, 4) is 0 Å². The van der Waals surface area contributed by atoms with Crippen LogP contribution in [0.4, 0.5) is 0 Å². The summed E-state index contributed by atoms with van der Waals surface area (Å²) < 4.78 is 0. The van der Waals surface area contributed by atoms with Crippen molar-refractivity contribution in [1.82, 2.24) is 10.6 Å². The van der Waals surface area contributed by atoms with E-state index in [2.05, 4.69) is 10.6 Å². The number of rotatable bonds is 4. The molecular formula is C13H18N2O2. The molecule has 1 aromatic rings. The summed E-state index contributed by atoms with van der Waals surface area (Å²) in [6.45, 7) is 1.69. The van der Waals surface area contributed by atoms with Crippen LogP contribution in [0.3, 0.4) is 0 Å². The zero-order valence-corrected chi connectivity index (χ0v) is 9.78. The minimum absolute atomic E-state index is 0.0449. The van der Waals surface area contributed by atoms with Gasteiger partial charge in [-0.15, -0.1) is 0 Å². The second kappa shape index (κ2) is 5.29. The van der Waals surface area contributed by atoms with E-state index in [0.717, 1.165) is 12.1 Å². The molecular weight excluding hydrogens is 216 g/mol. The lowest BCUT2D eigenvalue weighted by Gasteiger charge is -2.21. The SMILES string of the molecule is O=C(Cc1ccccc1)NCC1(O)CCNC1. The Balaban J connectivity index is 1.78. The zero-order chi connectivity index (χ0) is 12.1. The Bertz CT molecular complexity index is 372. The number of amides is 1. The number of carbonyl (C=O) groups is 1. The molecule has 92 valence electrons. The first-order chi connectivity index (χ1) is 8.18. The van der Waals surface area contributed by atoms with Gasteiger partial charge in [-0.2, -0.15) is 0 Å². The maximum Gasteiger partial charge on any atom is 0.224 e. The van der Waals surface area contributed by atoms with Crippen LogP contribution in [0, 0.1) is 0 Å². The van der Waals surface area contributed by atoms with Crippen molar-refractivity contribution in [2.24, 2.45) is 0 Å². The fourth-order valence-electron chi connectivity index (χ4n) is 1.99. The van der Waals surface area contributed by atoms with Gasteiger partial charge < -0.3 is 15.7 Å². The van der Waals surface area contributed by atoms with Crippen LogP contribution in [0.15, 0.2) is 30.3 Å². The first kappa shape index (κ1) is 12.1. The Morgan fingerprint density at radius 3 is 2.82 bits per heavy atom. The number of carbonyl (C=O) groups excluding carboxylic acids is 1. The highest BCUT2D eigenvalue weighted by molar-refractivity contribution is 5.78. The molecule has 4 heteroatoms. The quantitative estimate of drug-likeness (QED) is 0.691. The number of hydrogen-bond acceptors (Lipinski definition) is 3. The molecule has 1 fully saturated rings. The topological polar surface area (TPSA) is 61.4 Å². The van der Waals surface area contributed by atoms with Gasteiger partial charge in [0, 0.05) is 13.1 Å². The predicted octanol–water partition coefficient (Wildman–Crippen LogP) is 0.0697. The van der Waals surface area contributed by atoms with Crippen molar-refractivity contribution in [3.05, 3.63) is 35.9 Å². The Hall–Kier alpha value is -1.39. The maximum absolute atomic E-state index is 11.7. The van der Waals surface area contributed by atoms with Gasteiger partial charge in [0.25, 0.3) is 0 Å². The minimum Gasteiger partial charge on any atom is -0.387 e. The van der Waals surface area contributed by atoms with Crippen molar-refractivity contribution < 1.29 is 9.90 Å². The van der Waals surface area contributed by atoms with Crippen LogP contribution in [0.1, 0.15) is 12.0 Å². The highest BCUT2D eigenvalue weighted by atomic mass is 16.3. The van der Waals surface area contributed by atoms with E-state index in [-0.39, 0.29) is 5.91 Å². The number of β-amino-alcohol motifs (C(OH)–C–C–N with tert-alkyl or cyclic N) is 1. The van der Waals surface area contributed by atoms with Crippen molar-refractivity contribution >= 4 is 5.91 Å². The smallest absolute Gasteiger partial charge is 0.224 e. The van der Waals surface area contributed by atoms with Crippen molar-refractivity contribution in [2.75, 3.05) is 19.6 Å². The van der Waals surface area contributed by atoms with Crippen LogP contribution in [0.25, 0.3) is 0 Å². The summed E-state index contributed by atoms with van der Waals surface area (Å²) in [5, 5.41) is 15.9. The predicted molar refractivity (Wildman–Crippen MR) is 65.6 cm³/mol. The van der Waals surface area contributed by atoms with Crippen LogP contribution in [-0.4, -0.2) is 36.2 Å². The number of aliphatic hydroxyl groups is 1. The largest absolute Gasteiger partial charge is 0.387 e. The second-order valence-corrected chi connectivity index (χ2v) is 4.59. The van der Waals surface area contributed by atoms with Crippen LogP contribution >= 0.6 is 0 Å². The second-order valence-electron chi connectivity index (χ2n) is 4.59. The highest BCUT2D eigenvalue weighted by Gasteiger charge is 2.31. The average molecular weight is 234 g/mol. The van der Waals surface area contributed by atoms with Gasteiger partial charge in [0.2, 0.25) is 5.91 Å². The van der Waals surface area contributed by atoms with Gasteiger partial charge >= 0.3 is 0 Å². The Kier molecular flexibility index (Phi) is 3.76. The summed E-state index contributed by atoms with van der Waals surface area (Å²) in [6.07, 6.45) is 1.06. The lowest BCUT2D eigenvalue weighted by atomic mass is 10.0. The highest BCUT2D eigenvalue weighted by Crippen LogP contribution is 2.12. The molecule has 0 saturated carbocycles. The third-order valence-electron chi connectivity index (χ3n) is 3.04. The normalized spacial score (nSPS) is 23.6. The van der Waals surface area contributed by atoms with Crippen molar-refractivity contribution in [2.45, 2.75) is 18.4 Å². The van der Waals surface area contributed by atoms with E-state index in [1.54, 1.807) is 0 Å². The van der Waals surface area contributed by atoms with E-state index < -0.39 is 5.60 Å². The molecule has 1 saturated heterocycles. The Morgan fingerprint density at radius 1 is 1.41 bits per heavy atom. The van der Waals surface area contributed by atoms with Gasteiger partial charge in [-0.05, 0) is 18.5 Å². The summed E-state index contributed by atoms with van der Waals surface area (Å²) in [5.41, 5.74) is 0.216. The molecule has 1 amide bonds. The van der Waals surface area contributed by atoms with E-state index >= 15 is 0 Å². The van der Waals surface area contributed by atoms with E-state index in [1.165, 1.54) is 0 Å². The third kappa shape index (κ3) is 3.54. The molecule has 4 nitrogen and oxygen atoms in total. The minimum atomic E-state index is -0.771. The molecule has 1 atom stereocenters. The first-order valence-electron chi connectivity index (χ1n) is 5.92. The van der Waals surface area contributed by atoms with Gasteiger partial charge in [0.15, 0.2) is 0 Å². The zero-order valence-electron chi connectivity index (χ0n) is 9.78. The van der Waals surface area contributed by atoms with E-state index in [9.17, 15) is 9.90 Å². The molecule has 1 aliphatic rings. The van der Waals surface area contributed by atoms with Crippen LogP contribution in [-0.2, 0) is 11.2 Å². The van der Waals surface area contributed by atoms with Crippen LogP contribution < -0.4 is 10.6 Å². The molecule has 0 spiro atoms. The summed E-state index contributed by atoms with van der Waals surface area (Å²) in [6, 6.07) is 9.60. The van der Waals surface area contributed by atoms with Crippen molar-refractivity contribution in [1.29, 1.82) is 0 Å². The average Bonchev–Trinajstić information content (AvgIpc) is 2.76. The van der Waals surface area contributed by atoms with E-state index in [1.807, 2.05) is 30.3 Å². The Morgan fingerprint density at radius 2 is 2.18 bits per heavy atom. The summed E-state index contributed by atoms with van der Waals surface area (Å²) in [4.78, 5) is 11.7. The molecule has 0 radical (unpaired) electrons. The molecule has 0 aliphatic carbocycles. The lowest BCUT2D eigenvalue weighted by molar-refractivity contribution is -0.121. The third-order valence-corrected chi connectivity index (χ3v) is 3.04. The maximum atomic E-state index is 11.7. The van der Waals surface area contributed by atoms with Crippen LogP contribution in [0.2, 0.25) is 0 Å². The standard InChI is InChI=1S/C13H18N2O2/c16-12(8-11-4-2-1-3-5-11)15-10-13(17)6-7-14-9-13/h1-5,14,17H,6-10H2,(H,15,16). The number of benzene rings is 1. The fourth-order valence-corrected chi connectivity index (χ4v) is 1.99. The molecule has 1 heterocycles. The van der Waals surface area contributed by atoms with E-state index in [4.69, 9.17) is 0 Å². The molecule has 1 unspecified atom stereocenters. The van der Waals surface area contributed by atoms with Crippen molar-refractivity contribution in [3.63, 3.8) is 0 Å². The number of hydrogen-bond donors (Lipinski definition) is 3. The first-order valence-corrected chi connectivity index (χ1v) is 5.92. The monoisotopic (exact) mass is 234 g/mol. The molecule has 2 rings (SSSR count). The summed E-state index contributed by atoms with van der Waals surface area (Å²) >= 11 is 0. The van der Waals surface area contributed by atoms with Gasteiger partial charge in [-0.1, -0.05) is 30.3 Å². The molecule has 17 heavy (non-hydrogen) atoms. The fraction of sp³-hybridized carbons (Fsp3) is 0.462. The van der Waals surface area contributed by atoms with Gasteiger partial charge in [-0.3, -0.25) is 4.79 Å². The van der Waals surface area contributed by atoms with Gasteiger partial charge in [-0.25, -0.2) is 0 Å². The summed E-state index contributed by atoms with van der Waals surface area (Å²) in [7, 11) is 0. The Labute approximate surface area is 101 Å². The van der Waals surface area contributed by atoms with Gasteiger partial charge in [0.05, 0.1) is 12.0 Å². The molecule has 3 N–H and O–H groups in total. The molecule has 1 aliphatic heterocycles. The molecule has 0 aromatic heterocycles. The van der Waals surface area contributed by atoms with E-state index in [0.29, 0.717) is 25.9 Å².